The van der Waals surface area contributed by atoms with Gasteiger partial charge in [-0.3, -0.25) is 4.79 Å². The number of benzene rings is 1. The van der Waals surface area contributed by atoms with Crippen LogP contribution in [-0.2, 0) is 0 Å². The summed E-state index contributed by atoms with van der Waals surface area (Å²) in [5, 5.41) is 2.74. The van der Waals surface area contributed by atoms with E-state index in [1.165, 1.54) is 12.7 Å². The van der Waals surface area contributed by atoms with Gasteiger partial charge in [0.25, 0.3) is 5.91 Å². The molecule has 2 rings (SSSR count). The summed E-state index contributed by atoms with van der Waals surface area (Å²) in [5.41, 5.74) is 1.49. The van der Waals surface area contributed by atoms with Crippen molar-refractivity contribution in [1.82, 2.24) is 20.3 Å². The molecule has 0 spiro atoms. The number of hydrogen-bond acceptors (Lipinski definition) is 4. The lowest BCUT2D eigenvalue weighted by molar-refractivity contribution is 0.0956. The zero-order valence-electron chi connectivity index (χ0n) is 9.42. The van der Waals surface area contributed by atoms with E-state index in [4.69, 9.17) is 0 Å². The maximum Gasteiger partial charge on any atom is 0.251 e. The zero-order valence-corrected chi connectivity index (χ0v) is 9.42. The number of carbonyl (C=O) groups is 1. The first-order valence-corrected chi connectivity index (χ1v) is 5.32. The lowest BCUT2D eigenvalue weighted by Gasteiger charge is -2.03. The number of carbonyl (C=O) groups excluding carboxylic acids is 1. The number of nitrogens with one attached hydrogen (secondary N) is 1. The lowest BCUT2D eigenvalue weighted by atomic mass is 10.1. The molecule has 0 bridgehead atoms. The van der Waals surface area contributed by atoms with E-state index in [9.17, 15) is 4.79 Å². The van der Waals surface area contributed by atoms with Crippen molar-refractivity contribution in [3.05, 3.63) is 42.5 Å². The Morgan fingerprint density at radius 2 is 1.82 bits per heavy atom. The van der Waals surface area contributed by atoms with E-state index in [1.807, 2.05) is 19.1 Å². The summed E-state index contributed by atoms with van der Waals surface area (Å²) in [7, 11) is 0. The first-order valence-electron chi connectivity index (χ1n) is 5.32. The molecule has 0 radical (unpaired) electrons. The molecule has 1 aromatic carbocycles. The first kappa shape index (κ1) is 11.2. The molecule has 0 aliphatic rings. The Hall–Kier alpha value is -2.30. The van der Waals surface area contributed by atoms with E-state index in [-0.39, 0.29) is 5.91 Å². The minimum atomic E-state index is -0.0744. The monoisotopic (exact) mass is 228 g/mol. The van der Waals surface area contributed by atoms with Crippen molar-refractivity contribution in [2.45, 2.75) is 6.92 Å². The summed E-state index contributed by atoms with van der Waals surface area (Å²) in [5.74, 6) is 0.525. The fourth-order valence-electron chi connectivity index (χ4n) is 1.42. The van der Waals surface area contributed by atoms with Crippen LogP contribution in [-0.4, -0.2) is 27.4 Å². The molecule has 0 saturated carbocycles. The highest BCUT2D eigenvalue weighted by atomic mass is 16.1. The molecule has 5 heteroatoms. The van der Waals surface area contributed by atoms with Crippen molar-refractivity contribution in [3.63, 3.8) is 0 Å². The van der Waals surface area contributed by atoms with E-state index in [1.54, 1.807) is 12.1 Å². The summed E-state index contributed by atoms with van der Waals surface area (Å²) in [4.78, 5) is 23.4. The summed E-state index contributed by atoms with van der Waals surface area (Å²) >= 11 is 0. The van der Waals surface area contributed by atoms with Gasteiger partial charge < -0.3 is 5.32 Å². The van der Waals surface area contributed by atoms with Crippen molar-refractivity contribution >= 4 is 5.91 Å². The van der Waals surface area contributed by atoms with E-state index in [2.05, 4.69) is 20.3 Å². The van der Waals surface area contributed by atoms with Crippen LogP contribution < -0.4 is 5.32 Å². The van der Waals surface area contributed by atoms with Crippen LogP contribution in [0.5, 0.6) is 0 Å². The normalized spacial score (nSPS) is 9.94. The van der Waals surface area contributed by atoms with Crippen LogP contribution in [0.2, 0.25) is 0 Å². The summed E-state index contributed by atoms with van der Waals surface area (Å²) in [6.45, 7) is 2.51. The predicted octanol–water partition coefficient (Wildman–Crippen LogP) is 1.29. The Bertz CT molecular complexity index is 496. The van der Waals surface area contributed by atoms with Gasteiger partial charge in [0.1, 0.15) is 12.7 Å². The quantitative estimate of drug-likeness (QED) is 0.859. The molecule has 0 fully saturated rings. The van der Waals surface area contributed by atoms with Gasteiger partial charge in [0.2, 0.25) is 0 Å². The van der Waals surface area contributed by atoms with E-state index >= 15 is 0 Å². The van der Waals surface area contributed by atoms with Crippen molar-refractivity contribution < 1.29 is 4.79 Å². The molecule has 1 heterocycles. The number of aromatic nitrogens is 3. The second-order valence-electron chi connectivity index (χ2n) is 3.40. The smallest absolute Gasteiger partial charge is 0.251 e. The van der Waals surface area contributed by atoms with Gasteiger partial charge in [0.15, 0.2) is 5.82 Å². The highest BCUT2D eigenvalue weighted by molar-refractivity contribution is 5.94. The highest BCUT2D eigenvalue weighted by Gasteiger charge is 2.05. The molecule has 2 aromatic rings. The standard InChI is InChI=1S/C12H12N4O/c1-2-14-12(17)10-5-3-9(4-6-10)11-15-7-13-8-16-11/h3-8H,2H2,1H3,(H,14,17). The van der Waals surface area contributed by atoms with Gasteiger partial charge >= 0.3 is 0 Å². The Labute approximate surface area is 99.0 Å². The van der Waals surface area contributed by atoms with Crippen LogP contribution in [0.25, 0.3) is 11.4 Å². The molecule has 0 saturated heterocycles. The Kier molecular flexibility index (Phi) is 3.40. The molecule has 17 heavy (non-hydrogen) atoms. The molecule has 0 atom stereocenters. The molecule has 1 aromatic heterocycles. The fraction of sp³-hybridized carbons (Fsp3) is 0.167. The highest BCUT2D eigenvalue weighted by Crippen LogP contribution is 2.14. The van der Waals surface area contributed by atoms with E-state index in [0.29, 0.717) is 17.9 Å². The Morgan fingerprint density at radius 1 is 1.18 bits per heavy atom. The number of hydrogen-bond donors (Lipinski definition) is 1. The van der Waals surface area contributed by atoms with Crippen LogP contribution in [0.15, 0.2) is 36.9 Å². The Morgan fingerprint density at radius 3 is 2.41 bits per heavy atom. The van der Waals surface area contributed by atoms with Crippen LogP contribution in [0.1, 0.15) is 17.3 Å². The van der Waals surface area contributed by atoms with Crippen LogP contribution in [0.3, 0.4) is 0 Å². The number of nitrogens with zero attached hydrogens (tertiary/aromatic N) is 3. The lowest BCUT2D eigenvalue weighted by Crippen LogP contribution is -2.22. The summed E-state index contributed by atoms with van der Waals surface area (Å²) in [6, 6.07) is 7.15. The summed E-state index contributed by atoms with van der Waals surface area (Å²) in [6.07, 6.45) is 2.89. The maximum atomic E-state index is 11.5. The third-order valence-electron chi connectivity index (χ3n) is 2.24. The minimum Gasteiger partial charge on any atom is -0.352 e. The fourth-order valence-corrected chi connectivity index (χ4v) is 1.42. The van der Waals surface area contributed by atoms with Gasteiger partial charge in [-0.15, -0.1) is 0 Å². The van der Waals surface area contributed by atoms with Crippen molar-refractivity contribution in [2.75, 3.05) is 6.54 Å². The average Bonchev–Trinajstić information content (AvgIpc) is 2.40. The maximum absolute atomic E-state index is 11.5. The van der Waals surface area contributed by atoms with Crippen LogP contribution in [0.4, 0.5) is 0 Å². The van der Waals surface area contributed by atoms with E-state index in [0.717, 1.165) is 5.56 Å². The van der Waals surface area contributed by atoms with E-state index < -0.39 is 0 Å². The molecular weight excluding hydrogens is 216 g/mol. The largest absolute Gasteiger partial charge is 0.352 e. The molecule has 86 valence electrons. The number of rotatable bonds is 3. The summed E-state index contributed by atoms with van der Waals surface area (Å²) < 4.78 is 0. The van der Waals surface area contributed by atoms with Crippen LogP contribution >= 0.6 is 0 Å². The zero-order chi connectivity index (χ0) is 12.1. The molecule has 1 N–H and O–H groups in total. The molecule has 0 aliphatic heterocycles. The predicted molar refractivity (Wildman–Crippen MR) is 63.3 cm³/mol. The van der Waals surface area contributed by atoms with Crippen LogP contribution in [0, 0.1) is 0 Å². The SMILES string of the molecule is CCNC(=O)c1ccc(-c2ncncn2)cc1. The van der Waals surface area contributed by atoms with Crippen molar-refractivity contribution in [2.24, 2.45) is 0 Å². The first-order chi connectivity index (χ1) is 8.31. The third kappa shape index (κ3) is 2.63. The van der Waals surface area contributed by atoms with Gasteiger partial charge in [-0.05, 0) is 19.1 Å². The van der Waals surface area contributed by atoms with Gasteiger partial charge in [0, 0.05) is 17.7 Å². The second-order valence-corrected chi connectivity index (χ2v) is 3.40. The molecular formula is C12H12N4O. The van der Waals surface area contributed by atoms with Gasteiger partial charge in [0.05, 0.1) is 0 Å². The van der Waals surface area contributed by atoms with Gasteiger partial charge in [-0.1, -0.05) is 12.1 Å². The second kappa shape index (κ2) is 5.16. The average molecular weight is 228 g/mol. The topological polar surface area (TPSA) is 67.8 Å². The molecule has 1 amide bonds. The molecule has 0 aliphatic carbocycles. The van der Waals surface area contributed by atoms with Gasteiger partial charge in [-0.25, -0.2) is 15.0 Å². The van der Waals surface area contributed by atoms with Crippen molar-refractivity contribution in [1.29, 1.82) is 0 Å². The molecule has 0 unspecified atom stereocenters. The van der Waals surface area contributed by atoms with Crippen molar-refractivity contribution in [3.8, 4) is 11.4 Å². The van der Waals surface area contributed by atoms with Gasteiger partial charge in [-0.2, -0.15) is 0 Å². The Balaban J connectivity index is 2.22. The third-order valence-corrected chi connectivity index (χ3v) is 2.24. The number of amides is 1. The molecule has 5 nitrogen and oxygen atoms in total. The minimum absolute atomic E-state index is 0.0744.